The summed E-state index contributed by atoms with van der Waals surface area (Å²) in [7, 11) is 0. The van der Waals surface area contributed by atoms with Crippen molar-refractivity contribution in [1.82, 2.24) is 5.32 Å². The molecule has 0 aromatic heterocycles. The zero-order chi connectivity index (χ0) is 17.0. The van der Waals surface area contributed by atoms with Gasteiger partial charge in [-0.05, 0) is 42.7 Å². The van der Waals surface area contributed by atoms with Crippen LogP contribution in [0.25, 0.3) is 0 Å². The number of hydrogen-bond donors (Lipinski definition) is 2. The monoisotopic (exact) mass is 311 g/mol. The molecule has 0 aliphatic carbocycles. The molecule has 0 fully saturated rings. The van der Waals surface area contributed by atoms with Gasteiger partial charge >= 0.3 is 5.97 Å². The van der Waals surface area contributed by atoms with Crippen molar-refractivity contribution in [2.45, 2.75) is 39.7 Å². The Morgan fingerprint density at radius 2 is 1.74 bits per heavy atom. The van der Waals surface area contributed by atoms with E-state index in [0.29, 0.717) is 5.56 Å². The minimum Gasteiger partial charge on any atom is -0.478 e. The van der Waals surface area contributed by atoms with Crippen molar-refractivity contribution in [1.29, 1.82) is 0 Å². The number of carboxylic acids is 1. The summed E-state index contributed by atoms with van der Waals surface area (Å²) in [6.07, 6.45) is 0. The zero-order valence-electron chi connectivity index (χ0n) is 14.3. The van der Waals surface area contributed by atoms with E-state index in [1.807, 2.05) is 12.1 Å². The van der Waals surface area contributed by atoms with Crippen LogP contribution in [0.2, 0.25) is 0 Å². The lowest BCUT2D eigenvalue weighted by Gasteiger charge is -2.28. The summed E-state index contributed by atoms with van der Waals surface area (Å²) in [6.45, 7) is 10.3. The maximum atomic E-state index is 10.9. The molecule has 0 saturated heterocycles. The van der Waals surface area contributed by atoms with E-state index >= 15 is 0 Å². The van der Waals surface area contributed by atoms with Crippen LogP contribution in [0.4, 0.5) is 0 Å². The Labute approximate surface area is 138 Å². The number of carbonyl (C=O) groups is 1. The van der Waals surface area contributed by atoms with Crippen LogP contribution in [-0.2, 0) is 12.0 Å². The fourth-order valence-corrected chi connectivity index (χ4v) is 2.95. The Morgan fingerprint density at radius 1 is 1.09 bits per heavy atom. The highest BCUT2D eigenvalue weighted by Crippen LogP contribution is 2.26. The lowest BCUT2D eigenvalue weighted by molar-refractivity contribution is 0.0697. The van der Waals surface area contributed by atoms with Gasteiger partial charge in [-0.3, -0.25) is 0 Å². The zero-order valence-corrected chi connectivity index (χ0v) is 14.3. The van der Waals surface area contributed by atoms with Crippen LogP contribution in [0, 0.1) is 13.8 Å². The molecule has 3 heteroatoms. The number of carboxylic acid groups (broad SMARTS) is 1. The molecule has 2 N–H and O–H groups in total. The van der Waals surface area contributed by atoms with Gasteiger partial charge in [0.05, 0.1) is 5.56 Å². The van der Waals surface area contributed by atoms with E-state index in [2.05, 4.69) is 51.2 Å². The molecule has 0 bridgehead atoms. The molecular formula is C20H25NO2. The molecule has 2 aromatic carbocycles. The van der Waals surface area contributed by atoms with Crippen molar-refractivity contribution in [2.24, 2.45) is 0 Å². The number of aryl methyl sites for hydroxylation is 2. The van der Waals surface area contributed by atoms with Crippen LogP contribution < -0.4 is 5.32 Å². The highest BCUT2D eigenvalue weighted by molar-refractivity contribution is 5.87. The SMILES string of the molecule is Cc1ccc(C(C)(C)CNCc2ccc(C(=O)O)cc2)c(C)c1. The van der Waals surface area contributed by atoms with Gasteiger partial charge in [0, 0.05) is 18.5 Å². The molecule has 0 heterocycles. The molecule has 3 nitrogen and oxygen atoms in total. The van der Waals surface area contributed by atoms with Crippen LogP contribution in [0.3, 0.4) is 0 Å². The van der Waals surface area contributed by atoms with Gasteiger partial charge in [0.1, 0.15) is 0 Å². The molecule has 0 atom stereocenters. The predicted octanol–water partition coefficient (Wildman–Crippen LogP) is 4.07. The molecule has 0 amide bonds. The first-order valence-electron chi connectivity index (χ1n) is 7.90. The Kier molecular flexibility index (Phi) is 5.22. The summed E-state index contributed by atoms with van der Waals surface area (Å²) in [6, 6.07) is 13.6. The molecule has 2 rings (SSSR count). The van der Waals surface area contributed by atoms with E-state index in [0.717, 1.165) is 18.7 Å². The van der Waals surface area contributed by atoms with E-state index in [-0.39, 0.29) is 5.41 Å². The smallest absolute Gasteiger partial charge is 0.335 e. The maximum Gasteiger partial charge on any atom is 0.335 e. The van der Waals surface area contributed by atoms with Gasteiger partial charge in [0.25, 0.3) is 0 Å². The normalized spacial score (nSPS) is 11.5. The first kappa shape index (κ1) is 17.2. The van der Waals surface area contributed by atoms with Gasteiger partial charge in [-0.25, -0.2) is 4.79 Å². The standard InChI is InChI=1S/C20H25NO2/c1-14-5-10-18(15(2)11-14)20(3,4)13-21-12-16-6-8-17(9-7-16)19(22)23/h5-11,21H,12-13H2,1-4H3,(H,22,23). The van der Waals surface area contributed by atoms with Crippen LogP contribution in [-0.4, -0.2) is 17.6 Å². The minimum atomic E-state index is -0.888. The molecule has 122 valence electrons. The Balaban J connectivity index is 1.97. The van der Waals surface area contributed by atoms with E-state index in [9.17, 15) is 4.79 Å². The molecule has 0 radical (unpaired) electrons. The molecule has 23 heavy (non-hydrogen) atoms. The van der Waals surface area contributed by atoms with Gasteiger partial charge < -0.3 is 10.4 Å². The quantitative estimate of drug-likeness (QED) is 0.845. The molecule has 2 aromatic rings. The van der Waals surface area contributed by atoms with E-state index < -0.39 is 5.97 Å². The minimum absolute atomic E-state index is 0.0405. The number of rotatable bonds is 6. The lowest BCUT2D eigenvalue weighted by atomic mass is 9.81. The summed E-state index contributed by atoms with van der Waals surface area (Å²) in [5.74, 6) is -0.888. The van der Waals surface area contributed by atoms with Crippen molar-refractivity contribution < 1.29 is 9.90 Å². The van der Waals surface area contributed by atoms with Crippen molar-refractivity contribution in [2.75, 3.05) is 6.54 Å². The van der Waals surface area contributed by atoms with Crippen molar-refractivity contribution in [3.63, 3.8) is 0 Å². The van der Waals surface area contributed by atoms with Crippen LogP contribution in [0.1, 0.15) is 46.5 Å². The first-order valence-corrected chi connectivity index (χ1v) is 7.90. The van der Waals surface area contributed by atoms with Crippen LogP contribution in [0.15, 0.2) is 42.5 Å². The first-order chi connectivity index (χ1) is 10.8. The highest BCUT2D eigenvalue weighted by Gasteiger charge is 2.21. The molecule has 0 spiro atoms. The van der Waals surface area contributed by atoms with Crippen LogP contribution >= 0.6 is 0 Å². The summed E-state index contributed by atoms with van der Waals surface area (Å²) in [5.41, 5.74) is 5.42. The number of benzene rings is 2. The van der Waals surface area contributed by atoms with E-state index in [1.54, 1.807) is 12.1 Å². The molecule has 0 unspecified atom stereocenters. The molecule has 0 aliphatic heterocycles. The van der Waals surface area contributed by atoms with Gasteiger partial charge in [0.2, 0.25) is 0 Å². The summed E-state index contributed by atoms with van der Waals surface area (Å²) < 4.78 is 0. The second-order valence-electron chi connectivity index (χ2n) is 6.81. The van der Waals surface area contributed by atoms with E-state index in [4.69, 9.17) is 5.11 Å². The Bertz CT molecular complexity index is 687. The average molecular weight is 311 g/mol. The second-order valence-corrected chi connectivity index (χ2v) is 6.81. The predicted molar refractivity (Wildman–Crippen MR) is 94.1 cm³/mol. The van der Waals surface area contributed by atoms with Crippen LogP contribution in [0.5, 0.6) is 0 Å². The summed E-state index contributed by atoms with van der Waals surface area (Å²) >= 11 is 0. The second kappa shape index (κ2) is 6.97. The fraction of sp³-hybridized carbons (Fsp3) is 0.350. The Hall–Kier alpha value is -2.13. The Morgan fingerprint density at radius 3 is 2.30 bits per heavy atom. The van der Waals surface area contributed by atoms with E-state index in [1.165, 1.54) is 16.7 Å². The van der Waals surface area contributed by atoms with Gasteiger partial charge in [-0.1, -0.05) is 49.7 Å². The number of aromatic carboxylic acids is 1. The third-order valence-corrected chi connectivity index (χ3v) is 4.21. The number of hydrogen-bond acceptors (Lipinski definition) is 2. The largest absolute Gasteiger partial charge is 0.478 e. The topological polar surface area (TPSA) is 49.3 Å². The highest BCUT2D eigenvalue weighted by atomic mass is 16.4. The van der Waals surface area contributed by atoms with Gasteiger partial charge in [-0.2, -0.15) is 0 Å². The summed E-state index contributed by atoms with van der Waals surface area (Å²) in [4.78, 5) is 10.9. The average Bonchev–Trinajstić information content (AvgIpc) is 2.47. The van der Waals surface area contributed by atoms with Gasteiger partial charge in [-0.15, -0.1) is 0 Å². The summed E-state index contributed by atoms with van der Waals surface area (Å²) in [5, 5.41) is 12.4. The third kappa shape index (κ3) is 4.42. The van der Waals surface area contributed by atoms with Crippen molar-refractivity contribution >= 4 is 5.97 Å². The lowest BCUT2D eigenvalue weighted by Crippen LogP contribution is -2.33. The van der Waals surface area contributed by atoms with Gasteiger partial charge in [0.15, 0.2) is 0 Å². The third-order valence-electron chi connectivity index (χ3n) is 4.21. The fourth-order valence-electron chi connectivity index (χ4n) is 2.95. The maximum absolute atomic E-state index is 10.9. The van der Waals surface area contributed by atoms with Crippen molar-refractivity contribution in [3.8, 4) is 0 Å². The molecule has 0 saturated carbocycles. The molecular weight excluding hydrogens is 286 g/mol. The van der Waals surface area contributed by atoms with Crippen molar-refractivity contribution in [3.05, 3.63) is 70.3 Å². The molecule has 0 aliphatic rings. The number of nitrogens with one attached hydrogen (secondary N) is 1.